The number of benzene rings is 3. The summed E-state index contributed by atoms with van der Waals surface area (Å²) >= 11 is 6.13. The lowest BCUT2D eigenvalue weighted by Crippen LogP contribution is -2.53. The second-order valence-electron chi connectivity index (χ2n) is 7.83. The van der Waals surface area contributed by atoms with Gasteiger partial charge in [-0.05, 0) is 22.8 Å². The summed E-state index contributed by atoms with van der Waals surface area (Å²) in [6.07, 6.45) is 0. The lowest BCUT2D eigenvalue weighted by molar-refractivity contribution is -0.147. The number of nitrogens with one attached hydrogen (secondary N) is 1. The fourth-order valence-corrected chi connectivity index (χ4v) is 4.31. The van der Waals surface area contributed by atoms with Crippen molar-refractivity contribution in [1.82, 2.24) is 15.1 Å². The van der Waals surface area contributed by atoms with Crippen molar-refractivity contribution in [3.05, 3.63) is 107 Å². The molecule has 0 spiro atoms. The molecule has 0 unspecified atom stereocenters. The van der Waals surface area contributed by atoms with Crippen molar-refractivity contribution in [2.24, 2.45) is 0 Å². The molecule has 0 atom stereocenters. The molecule has 0 saturated carbocycles. The summed E-state index contributed by atoms with van der Waals surface area (Å²) in [5, 5.41) is 3.27. The SMILES string of the molecule is O=C(NCc1ccccc1Cl)C(=O)N1CCN(C(c2ccccc2)c2ccccc2)CC1. The van der Waals surface area contributed by atoms with Gasteiger partial charge in [-0.1, -0.05) is 90.5 Å². The molecule has 164 valence electrons. The molecule has 32 heavy (non-hydrogen) atoms. The van der Waals surface area contributed by atoms with Crippen LogP contribution < -0.4 is 5.32 Å². The number of hydrogen-bond acceptors (Lipinski definition) is 3. The molecular formula is C26H26ClN3O2. The molecule has 3 aromatic carbocycles. The van der Waals surface area contributed by atoms with E-state index in [0.717, 1.165) is 5.56 Å². The van der Waals surface area contributed by atoms with Gasteiger partial charge in [-0.2, -0.15) is 0 Å². The molecule has 0 aromatic heterocycles. The van der Waals surface area contributed by atoms with Gasteiger partial charge in [0.1, 0.15) is 0 Å². The predicted molar refractivity (Wildman–Crippen MR) is 126 cm³/mol. The number of amides is 2. The first-order valence-corrected chi connectivity index (χ1v) is 11.2. The molecule has 0 aliphatic carbocycles. The van der Waals surface area contributed by atoms with Crippen LogP contribution in [0.5, 0.6) is 0 Å². The molecule has 1 heterocycles. The van der Waals surface area contributed by atoms with Crippen LogP contribution in [0.3, 0.4) is 0 Å². The molecule has 1 saturated heterocycles. The summed E-state index contributed by atoms with van der Waals surface area (Å²) in [4.78, 5) is 29.1. The maximum atomic E-state index is 12.7. The van der Waals surface area contributed by atoms with E-state index in [1.54, 1.807) is 11.0 Å². The van der Waals surface area contributed by atoms with Gasteiger partial charge in [-0.15, -0.1) is 0 Å². The van der Waals surface area contributed by atoms with Crippen molar-refractivity contribution in [3.63, 3.8) is 0 Å². The first kappa shape index (κ1) is 22.1. The molecule has 5 nitrogen and oxygen atoms in total. The van der Waals surface area contributed by atoms with E-state index in [9.17, 15) is 9.59 Å². The van der Waals surface area contributed by atoms with E-state index in [-0.39, 0.29) is 12.6 Å². The Morgan fingerprint density at radius 2 is 1.31 bits per heavy atom. The Morgan fingerprint density at radius 3 is 1.88 bits per heavy atom. The van der Waals surface area contributed by atoms with Crippen LogP contribution in [0.25, 0.3) is 0 Å². The Kier molecular flexibility index (Phi) is 7.20. The van der Waals surface area contributed by atoms with Crippen molar-refractivity contribution >= 4 is 23.4 Å². The van der Waals surface area contributed by atoms with Crippen LogP contribution in [0.2, 0.25) is 5.02 Å². The molecule has 6 heteroatoms. The summed E-state index contributed by atoms with van der Waals surface area (Å²) in [7, 11) is 0. The highest BCUT2D eigenvalue weighted by Gasteiger charge is 2.30. The average Bonchev–Trinajstić information content (AvgIpc) is 2.85. The van der Waals surface area contributed by atoms with E-state index < -0.39 is 11.8 Å². The highest BCUT2D eigenvalue weighted by Crippen LogP contribution is 2.29. The number of hydrogen-bond donors (Lipinski definition) is 1. The van der Waals surface area contributed by atoms with Crippen molar-refractivity contribution in [2.45, 2.75) is 12.6 Å². The molecule has 2 amide bonds. The summed E-state index contributed by atoms with van der Waals surface area (Å²) in [5.74, 6) is -1.09. The minimum Gasteiger partial charge on any atom is -0.344 e. The fourth-order valence-electron chi connectivity index (χ4n) is 4.10. The van der Waals surface area contributed by atoms with Crippen molar-refractivity contribution < 1.29 is 9.59 Å². The third-order valence-corrected chi connectivity index (χ3v) is 6.16. The summed E-state index contributed by atoms with van der Waals surface area (Å²) in [6.45, 7) is 2.63. The standard InChI is InChI=1S/C26H26ClN3O2/c27-23-14-8-7-13-22(23)19-28-25(31)26(32)30-17-15-29(16-18-30)24(20-9-3-1-4-10-20)21-11-5-2-6-12-21/h1-14,24H,15-19H2,(H,28,31). The second kappa shape index (κ2) is 10.4. The lowest BCUT2D eigenvalue weighted by Gasteiger charge is -2.39. The maximum absolute atomic E-state index is 12.7. The molecular weight excluding hydrogens is 422 g/mol. The molecule has 0 bridgehead atoms. The Hall–Kier alpha value is -3.15. The van der Waals surface area contributed by atoms with Gasteiger partial charge in [-0.25, -0.2) is 0 Å². The topological polar surface area (TPSA) is 52.7 Å². The predicted octanol–water partition coefficient (Wildman–Crippen LogP) is 3.89. The number of halogens is 1. The van der Waals surface area contributed by atoms with Gasteiger partial charge in [0, 0.05) is 37.7 Å². The van der Waals surface area contributed by atoms with Gasteiger partial charge in [0.2, 0.25) is 0 Å². The molecule has 3 aromatic rings. The molecule has 4 rings (SSSR count). The Labute approximate surface area is 193 Å². The van der Waals surface area contributed by atoms with Crippen LogP contribution in [0.1, 0.15) is 22.7 Å². The van der Waals surface area contributed by atoms with Gasteiger partial charge < -0.3 is 10.2 Å². The Balaban J connectivity index is 1.38. The van der Waals surface area contributed by atoms with Gasteiger partial charge >= 0.3 is 11.8 Å². The quantitative estimate of drug-likeness (QED) is 0.604. The molecule has 1 aliphatic heterocycles. The van der Waals surface area contributed by atoms with Crippen LogP contribution in [0.4, 0.5) is 0 Å². The van der Waals surface area contributed by atoms with E-state index in [0.29, 0.717) is 31.2 Å². The average molecular weight is 448 g/mol. The summed E-state index contributed by atoms with van der Waals surface area (Å²) in [6, 6.07) is 28.2. The largest absolute Gasteiger partial charge is 0.344 e. The van der Waals surface area contributed by atoms with Gasteiger partial charge in [0.15, 0.2) is 0 Å². The fraction of sp³-hybridized carbons (Fsp3) is 0.231. The minimum absolute atomic E-state index is 0.115. The third kappa shape index (κ3) is 5.18. The van der Waals surface area contributed by atoms with Crippen LogP contribution in [0, 0.1) is 0 Å². The van der Waals surface area contributed by atoms with E-state index in [1.807, 2.05) is 54.6 Å². The van der Waals surface area contributed by atoms with E-state index in [4.69, 9.17) is 11.6 Å². The number of rotatable bonds is 5. The van der Waals surface area contributed by atoms with Crippen LogP contribution in [-0.2, 0) is 16.1 Å². The van der Waals surface area contributed by atoms with Gasteiger partial charge in [0.25, 0.3) is 0 Å². The van der Waals surface area contributed by atoms with Crippen molar-refractivity contribution in [1.29, 1.82) is 0 Å². The number of nitrogens with zero attached hydrogens (tertiary/aromatic N) is 2. The molecule has 1 aliphatic rings. The Morgan fingerprint density at radius 1 is 0.781 bits per heavy atom. The zero-order chi connectivity index (χ0) is 22.3. The summed E-state index contributed by atoms with van der Waals surface area (Å²) in [5.41, 5.74) is 3.22. The number of piperazine rings is 1. The van der Waals surface area contributed by atoms with Crippen LogP contribution in [0.15, 0.2) is 84.9 Å². The highest BCUT2D eigenvalue weighted by atomic mass is 35.5. The van der Waals surface area contributed by atoms with Gasteiger partial charge in [-0.3, -0.25) is 14.5 Å². The second-order valence-corrected chi connectivity index (χ2v) is 8.23. The molecule has 1 fully saturated rings. The zero-order valence-electron chi connectivity index (χ0n) is 17.8. The number of carbonyl (C=O) groups excluding carboxylic acids is 2. The van der Waals surface area contributed by atoms with Crippen molar-refractivity contribution in [2.75, 3.05) is 26.2 Å². The van der Waals surface area contributed by atoms with Crippen molar-refractivity contribution in [3.8, 4) is 0 Å². The monoisotopic (exact) mass is 447 g/mol. The zero-order valence-corrected chi connectivity index (χ0v) is 18.5. The maximum Gasteiger partial charge on any atom is 0.311 e. The van der Waals surface area contributed by atoms with E-state index in [2.05, 4.69) is 34.5 Å². The van der Waals surface area contributed by atoms with Crippen LogP contribution in [-0.4, -0.2) is 47.8 Å². The molecule has 1 N–H and O–H groups in total. The third-order valence-electron chi connectivity index (χ3n) is 5.79. The van der Waals surface area contributed by atoms with E-state index in [1.165, 1.54) is 11.1 Å². The van der Waals surface area contributed by atoms with E-state index >= 15 is 0 Å². The minimum atomic E-state index is -0.596. The smallest absolute Gasteiger partial charge is 0.311 e. The van der Waals surface area contributed by atoms with Crippen LogP contribution >= 0.6 is 11.6 Å². The first-order valence-electron chi connectivity index (χ1n) is 10.8. The highest BCUT2D eigenvalue weighted by molar-refractivity contribution is 6.35. The van der Waals surface area contributed by atoms with Gasteiger partial charge in [0.05, 0.1) is 6.04 Å². The number of carbonyl (C=O) groups is 2. The summed E-state index contributed by atoms with van der Waals surface area (Å²) < 4.78 is 0. The lowest BCUT2D eigenvalue weighted by atomic mass is 9.96. The Bertz CT molecular complexity index is 1010. The normalized spacial score (nSPS) is 14.4. The first-order chi connectivity index (χ1) is 15.6. The molecule has 0 radical (unpaired) electrons.